The van der Waals surface area contributed by atoms with E-state index in [1.807, 2.05) is 70.5 Å². The maximum Gasteiger partial charge on any atom is 0.147 e. The summed E-state index contributed by atoms with van der Waals surface area (Å²) in [5.74, 6) is -0.707. The van der Waals surface area contributed by atoms with Crippen LogP contribution in [0.3, 0.4) is 0 Å². The zero-order valence-electron chi connectivity index (χ0n) is 45.6. The molecule has 80 heavy (non-hydrogen) atoms. The van der Waals surface area contributed by atoms with Gasteiger partial charge in [-0.15, -0.1) is 0 Å². The third-order valence-corrected chi connectivity index (χ3v) is 17.2. The van der Waals surface area contributed by atoms with Gasteiger partial charge in [0.05, 0.1) is 22.2 Å². The minimum atomic E-state index is -0.714. The highest BCUT2D eigenvalue weighted by atomic mass is 19.1. The average molecular weight is 1040 g/mol. The summed E-state index contributed by atoms with van der Waals surface area (Å²) in [5, 5.41) is 0. The van der Waals surface area contributed by atoms with E-state index in [4.69, 9.17) is 0 Å². The Morgan fingerprint density at radius 1 is 0.412 bits per heavy atom. The zero-order chi connectivity index (χ0) is 54.9. The van der Waals surface area contributed by atoms with E-state index in [1.165, 1.54) is 73.4 Å². The molecule has 4 heteroatoms. The summed E-state index contributed by atoms with van der Waals surface area (Å²) in [4.78, 5) is 4.04. The van der Waals surface area contributed by atoms with Crippen LogP contribution in [-0.2, 0) is 10.8 Å². The van der Waals surface area contributed by atoms with Crippen molar-refractivity contribution >= 4 is 51.8 Å². The summed E-state index contributed by atoms with van der Waals surface area (Å²) in [5.41, 5.74) is 23.7. The third kappa shape index (κ3) is 7.80. The lowest BCUT2D eigenvalue weighted by atomic mass is 9.64. The zero-order valence-corrected chi connectivity index (χ0v) is 45.6. The van der Waals surface area contributed by atoms with Crippen LogP contribution in [0.5, 0.6) is 0 Å². The first kappa shape index (κ1) is 50.1. The normalized spacial score (nSPS) is 16.6. The largest absolute Gasteiger partial charge is 0.308 e. The molecule has 388 valence electrons. The van der Waals surface area contributed by atoms with Crippen LogP contribution in [-0.4, -0.2) is 0 Å². The fourth-order valence-corrected chi connectivity index (χ4v) is 13.5. The maximum atomic E-state index is 16.8. The second-order valence-corrected chi connectivity index (χ2v) is 21.7. The van der Waals surface area contributed by atoms with Gasteiger partial charge in [-0.1, -0.05) is 194 Å². The Morgan fingerprint density at radius 2 is 0.863 bits per heavy atom. The SMILES string of the molecule is C=Cc1ccc(C2(c3cc(C)ccc3C)C3=C(C=CCC3)c3ccc(N(c4ccc(N(c5ccc6c(c5)C(c5ccc(C=C)cc5)(c5cc(C)ccc5C)c5ccccc5-6)c5ccccc5F)cc4)c4ccccc4F)cc32)cc1. The lowest BCUT2D eigenvalue weighted by molar-refractivity contribution is 0.628. The van der Waals surface area contributed by atoms with Gasteiger partial charge in [0.15, 0.2) is 0 Å². The molecule has 0 amide bonds. The van der Waals surface area contributed by atoms with Crippen molar-refractivity contribution in [1.29, 1.82) is 0 Å². The number of fused-ring (bicyclic) bond motifs is 5. The minimum Gasteiger partial charge on any atom is -0.308 e. The van der Waals surface area contributed by atoms with Crippen LogP contribution in [0.1, 0.15) is 90.7 Å². The lowest BCUT2D eigenvalue weighted by Crippen LogP contribution is -2.31. The summed E-state index contributed by atoms with van der Waals surface area (Å²) in [6.45, 7) is 16.9. The molecule has 3 aliphatic carbocycles. The molecule has 0 saturated carbocycles. The average Bonchev–Trinajstić information content (AvgIpc) is 4.18. The van der Waals surface area contributed by atoms with Gasteiger partial charge in [0.1, 0.15) is 11.6 Å². The number of nitrogens with zero attached hydrogens (tertiary/aromatic N) is 2. The number of para-hydroxylation sites is 2. The third-order valence-electron chi connectivity index (χ3n) is 17.2. The minimum absolute atomic E-state index is 0.350. The van der Waals surface area contributed by atoms with Gasteiger partial charge in [0.2, 0.25) is 0 Å². The van der Waals surface area contributed by atoms with Gasteiger partial charge in [-0.3, -0.25) is 0 Å². The number of hydrogen-bond donors (Lipinski definition) is 0. The molecule has 0 aromatic heterocycles. The number of anilines is 6. The summed E-state index contributed by atoms with van der Waals surface area (Å²) < 4.78 is 33.5. The summed E-state index contributed by atoms with van der Waals surface area (Å²) in [7, 11) is 0. The fraction of sp³-hybridized carbons (Fsp3) is 0.105. The van der Waals surface area contributed by atoms with E-state index in [2.05, 4.69) is 199 Å². The highest BCUT2D eigenvalue weighted by molar-refractivity contribution is 5.94. The smallest absolute Gasteiger partial charge is 0.147 e. The number of rotatable bonds is 12. The van der Waals surface area contributed by atoms with E-state index in [0.29, 0.717) is 11.4 Å². The van der Waals surface area contributed by atoms with Crippen LogP contribution in [0.25, 0.3) is 28.9 Å². The van der Waals surface area contributed by atoms with Gasteiger partial charge in [0.25, 0.3) is 0 Å². The van der Waals surface area contributed by atoms with Gasteiger partial charge < -0.3 is 9.80 Å². The van der Waals surface area contributed by atoms with Crippen molar-refractivity contribution in [1.82, 2.24) is 0 Å². The first-order valence-corrected chi connectivity index (χ1v) is 27.6. The monoisotopic (exact) mass is 1040 g/mol. The predicted molar refractivity (Wildman–Crippen MR) is 330 cm³/mol. The molecule has 2 nitrogen and oxygen atoms in total. The molecule has 10 aromatic carbocycles. The molecule has 10 aromatic rings. The van der Waals surface area contributed by atoms with Gasteiger partial charge >= 0.3 is 0 Å². The van der Waals surface area contributed by atoms with Crippen LogP contribution in [0.4, 0.5) is 42.9 Å². The van der Waals surface area contributed by atoms with Crippen LogP contribution in [0.15, 0.2) is 249 Å². The fourth-order valence-electron chi connectivity index (χ4n) is 13.5. The number of aryl methyl sites for hydroxylation is 4. The van der Waals surface area contributed by atoms with E-state index in [1.54, 1.807) is 12.1 Å². The number of allylic oxidation sites excluding steroid dienone is 4. The molecule has 3 aliphatic rings. The molecule has 0 spiro atoms. The first-order valence-electron chi connectivity index (χ1n) is 27.6. The van der Waals surface area contributed by atoms with Crippen LogP contribution >= 0.6 is 0 Å². The van der Waals surface area contributed by atoms with E-state index in [-0.39, 0.29) is 11.6 Å². The van der Waals surface area contributed by atoms with Crippen LogP contribution in [0.2, 0.25) is 0 Å². The van der Waals surface area contributed by atoms with Crippen molar-refractivity contribution in [3.05, 3.63) is 339 Å². The molecule has 0 N–H and O–H groups in total. The molecule has 2 atom stereocenters. The molecule has 0 heterocycles. The van der Waals surface area contributed by atoms with Crippen molar-refractivity contribution in [3.63, 3.8) is 0 Å². The Balaban J connectivity index is 0.998. The lowest BCUT2D eigenvalue weighted by Gasteiger charge is -2.38. The first-order chi connectivity index (χ1) is 39.0. The summed E-state index contributed by atoms with van der Waals surface area (Å²) in [6, 6.07) is 75.2. The second kappa shape index (κ2) is 19.8. The van der Waals surface area contributed by atoms with E-state index < -0.39 is 10.8 Å². The van der Waals surface area contributed by atoms with E-state index in [0.717, 1.165) is 74.5 Å². The molecule has 2 unspecified atom stereocenters. The van der Waals surface area contributed by atoms with Crippen molar-refractivity contribution in [2.24, 2.45) is 0 Å². The van der Waals surface area contributed by atoms with Crippen molar-refractivity contribution < 1.29 is 8.78 Å². The highest BCUT2D eigenvalue weighted by Crippen LogP contribution is 2.61. The molecule has 13 rings (SSSR count). The van der Waals surface area contributed by atoms with Gasteiger partial charge in [-0.25, -0.2) is 8.78 Å². The predicted octanol–water partition coefficient (Wildman–Crippen LogP) is 20.2. The Labute approximate surface area is 469 Å². The van der Waals surface area contributed by atoms with Gasteiger partial charge in [0, 0.05) is 22.7 Å². The Bertz CT molecular complexity index is 4180. The molecule has 0 fully saturated rings. The van der Waals surface area contributed by atoms with E-state index in [9.17, 15) is 0 Å². The van der Waals surface area contributed by atoms with Gasteiger partial charge in [-0.2, -0.15) is 0 Å². The van der Waals surface area contributed by atoms with Crippen molar-refractivity contribution in [2.45, 2.75) is 51.4 Å². The maximum absolute atomic E-state index is 16.8. The van der Waals surface area contributed by atoms with Gasteiger partial charge in [-0.05, 0) is 202 Å². The molecule has 0 saturated heterocycles. The molecule has 0 aliphatic heterocycles. The van der Waals surface area contributed by atoms with Crippen molar-refractivity contribution in [3.8, 4) is 11.1 Å². The Kier molecular flexibility index (Phi) is 12.4. The van der Waals surface area contributed by atoms with Crippen LogP contribution in [0, 0.1) is 39.3 Å². The Hall–Kier alpha value is -9.38. The molecular formula is C76H60F2N2. The molecular weight excluding hydrogens is 979 g/mol. The molecule has 0 radical (unpaired) electrons. The van der Waals surface area contributed by atoms with Crippen molar-refractivity contribution in [2.75, 3.05) is 9.80 Å². The summed E-state index contributed by atoms with van der Waals surface area (Å²) >= 11 is 0. The quantitative estimate of drug-likeness (QED) is 0.120. The number of hydrogen-bond acceptors (Lipinski definition) is 2. The summed E-state index contributed by atoms with van der Waals surface area (Å²) in [6.07, 6.45) is 10.2. The topological polar surface area (TPSA) is 6.48 Å². The second-order valence-electron chi connectivity index (χ2n) is 21.7. The van der Waals surface area contributed by atoms with Crippen LogP contribution < -0.4 is 9.80 Å². The number of halogens is 2. The highest BCUT2D eigenvalue weighted by Gasteiger charge is 2.50. The van der Waals surface area contributed by atoms with E-state index >= 15 is 8.78 Å². The number of benzene rings is 10. The Morgan fingerprint density at radius 3 is 1.40 bits per heavy atom. The molecule has 0 bridgehead atoms. The standard InChI is InChI=1S/C76H60F2N2/c1-7-53-29-33-55(34-30-53)75(67-45-49(3)25-27-51(67)5)65-19-11-9-17-61(65)63-43-41-59(47-69(63)75)79(73-23-15-13-21-71(73)77)57-37-39-58(40-38-57)80(74-24-16-14-22-72(74)78)60-42-44-64-62-18-10-12-20-66(62)76(70(64)48-60,56-35-31-54(8-2)32-36-56)68-46-50(4)26-28-52(68)6/h7-11,13-19,21-48H,1-2,12,20H2,3-6H3.